The Labute approximate surface area is 103 Å². The quantitative estimate of drug-likeness (QED) is 0.856. The van der Waals surface area contributed by atoms with Crippen molar-refractivity contribution in [1.82, 2.24) is 5.32 Å². The summed E-state index contributed by atoms with van der Waals surface area (Å²) in [5.74, 6) is -0.207. The molecule has 0 radical (unpaired) electrons. The number of amides is 1. The largest absolute Gasteiger partial charge is 0.393 e. The molecule has 0 bridgehead atoms. The summed E-state index contributed by atoms with van der Waals surface area (Å²) in [6.45, 7) is 0. The van der Waals surface area contributed by atoms with Crippen LogP contribution >= 0.6 is 23.2 Å². The smallest absolute Gasteiger partial charge is 0.251 e. The molecule has 2 N–H and O–H groups in total. The van der Waals surface area contributed by atoms with Crippen LogP contribution in [0.4, 0.5) is 0 Å². The lowest BCUT2D eigenvalue weighted by Crippen LogP contribution is -2.46. The van der Waals surface area contributed by atoms with Crippen LogP contribution in [-0.2, 0) is 0 Å². The molecule has 1 aliphatic carbocycles. The minimum absolute atomic E-state index is 0.0558. The summed E-state index contributed by atoms with van der Waals surface area (Å²) in [5.41, 5.74) is 0.443. The van der Waals surface area contributed by atoms with Gasteiger partial charge in [0.05, 0.1) is 6.10 Å². The number of halogens is 2. The van der Waals surface area contributed by atoms with Crippen molar-refractivity contribution in [3.63, 3.8) is 0 Å². The van der Waals surface area contributed by atoms with Gasteiger partial charge in [0, 0.05) is 21.7 Å². The summed E-state index contributed by atoms with van der Waals surface area (Å²) in [5, 5.41) is 12.8. The summed E-state index contributed by atoms with van der Waals surface area (Å²) in [6, 6.07) is 4.77. The SMILES string of the molecule is O=C(NC1CC(O)C1)c1cc(Cl)cc(Cl)c1. The number of hydrogen-bond acceptors (Lipinski definition) is 2. The Morgan fingerprint density at radius 1 is 1.25 bits per heavy atom. The van der Waals surface area contributed by atoms with Crippen molar-refractivity contribution in [1.29, 1.82) is 0 Å². The van der Waals surface area contributed by atoms with E-state index in [2.05, 4.69) is 5.32 Å². The first-order chi connectivity index (χ1) is 7.54. The second kappa shape index (κ2) is 4.62. The first kappa shape index (κ1) is 11.7. The van der Waals surface area contributed by atoms with E-state index in [1.165, 1.54) is 0 Å². The summed E-state index contributed by atoms with van der Waals surface area (Å²) < 4.78 is 0. The number of nitrogens with one attached hydrogen (secondary N) is 1. The molecular weight excluding hydrogens is 249 g/mol. The van der Waals surface area contributed by atoms with Gasteiger partial charge in [0.1, 0.15) is 0 Å². The Kier molecular flexibility index (Phi) is 3.38. The lowest BCUT2D eigenvalue weighted by molar-refractivity contribution is 0.0562. The van der Waals surface area contributed by atoms with E-state index in [1.807, 2.05) is 0 Å². The Morgan fingerprint density at radius 3 is 2.31 bits per heavy atom. The summed E-state index contributed by atoms with van der Waals surface area (Å²) in [7, 11) is 0. The molecule has 3 nitrogen and oxygen atoms in total. The van der Waals surface area contributed by atoms with Crippen molar-refractivity contribution < 1.29 is 9.90 Å². The Bertz CT molecular complexity index is 396. The van der Waals surface area contributed by atoms with Crippen LogP contribution in [0.2, 0.25) is 10.0 Å². The van der Waals surface area contributed by atoms with Crippen molar-refractivity contribution in [2.24, 2.45) is 0 Å². The van der Waals surface area contributed by atoms with E-state index in [-0.39, 0.29) is 18.1 Å². The molecule has 0 aromatic heterocycles. The fourth-order valence-electron chi connectivity index (χ4n) is 1.66. The predicted octanol–water partition coefficient (Wildman–Crippen LogP) is 2.25. The van der Waals surface area contributed by atoms with E-state index in [4.69, 9.17) is 28.3 Å². The van der Waals surface area contributed by atoms with Gasteiger partial charge in [0.15, 0.2) is 0 Å². The Balaban J connectivity index is 2.03. The minimum atomic E-state index is -0.284. The first-order valence-corrected chi connectivity index (χ1v) is 5.75. The highest BCUT2D eigenvalue weighted by atomic mass is 35.5. The number of carbonyl (C=O) groups is 1. The van der Waals surface area contributed by atoms with Gasteiger partial charge in [-0.1, -0.05) is 23.2 Å². The lowest BCUT2D eigenvalue weighted by Gasteiger charge is -2.31. The first-order valence-electron chi connectivity index (χ1n) is 4.99. The zero-order chi connectivity index (χ0) is 11.7. The Hall–Kier alpha value is -0.770. The van der Waals surface area contributed by atoms with E-state index < -0.39 is 0 Å². The monoisotopic (exact) mass is 259 g/mol. The normalized spacial score (nSPS) is 23.7. The number of benzene rings is 1. The highest BCUT2D eigenvalue weighted by molar-refractivity contribution is 6.35. The molecule has 0 heterocycles. The molecule has 16 heavy (non-hydrogen) atoms. The fourth-order valence-corrected chi connectivity index (χ4v) is 2.19. The van der Waals surface area contributed by atoms with Gasteiger partial charge in [-0.2, -0.15) is 0 Å². The van der Waals surface area contributed by atoms with Crippen molar-refractivity contribution in [2.75, 3.05) is 0 Å². The molecule has 1 amide bonds. The molecule has 0 aliphatic heterocycles. The maximum atomic E-state index is 11.7. The standard InChI is InChI=1S/C11H11Cl2NO2/c12-7-1-6(2-8(13)3-7)11(16)14-9-4-10(15)5-9/h1-3,9-10,15H,4-5H2,(H,14,16). The third-order valence-corrected chi connectivity index (χ3v) is 3.01. The third kappa shape index (κ3) is 2.67. The van der Waals surface area contributed by atoms with Gasteiger partial charge in [0.2, 0.25) is 0 Å². The Morgan fingerprint density at radius 2 is 1.81 bits per heavy atom. The van der Waals surface area contributed by atoms with Crippen LogP contribution in [0.1, 0.15) is 23.2 Å². The summed E-state index contributed by atoms with van der Waals surface area (Å²) >= 11 is 11.6. The van der Waals surface area contributed by atoms with Crippen molar-refractivity contribution in [3.05, 3.63) is 33.8 Å². The van der Waals surface area contributed by atoms with E-state index in [0.717, 1.165) is 0 Å². The highest BCUT2D eigenvalue weighted by Gasteiger charge is 2.28. The van der Waals surface area contributed by atoms with Crippen LogP contribution in [-0.4, -0.2) is 23.2 Å². The van der Waals surface area contributed by atoms with Crippen LogP contribution in [0.3, 0.4) is 0 Å². The fraction of sp³-hybridized carbons (Fsp3) is 0.364. The molecule has 1 aliphatic rings. The maximum Gasteiger partial charge on any atom is 0.251 e. The van der Waals surface area contributed by atoms with Gasteiger partial charge in [-0.15, -0.1) is 0 Å². The van der Waals surface area contributed by atoms with Gasteiger partial charge < -0.3 is 10.4 Å². The van der Waals surface area contributed by atoms with Crippen LogP contribution in [0.25, 0.3) is 0 Å². The van der Waals surface area contributed by atoms with E-state index in [0.29, 0.717) is 28.5 Å². The van der Waals surface area contributed by atoms with Crippen LogP contribution in [0.15, 0.2) is 18.2 Å². The van der Waals surface area contributed by atoms with Crippen molar-refractivity contribution in [3.8, 4) is 0 Å². The third-order valence-electron chi connectivity index (χ3n) is 2.57. The average molecular weight is 260 g/mol. The molecule has 1 saturated carbocycles. The number of aliphatic hydroxyl groups excluding tert-OH is 1. The molecule has 0 spiro atoms. The van der Waals surface area contributed by atoms with E-state index in [1.54, 1.807) is 18.2 Å². The lowest BCUT2D eigenvalue weighted by atomic mass is 9.89. The number of carbonyl (C=O) groups excluding carboxylic acids is 1. The van der Waals surface area contributed by atoms with Crippen molar-refractivity contribution >= 4 is 29.1 Å². The predicted molar refractivity (Wildman–Crippen MR) is 63.0 cm³/mol. The molecule has 1 fully saturated rings. The van der Waals surface area contributed by atoms with Gasteiger partial charge in [-0.05, 0) is 31.0 Å². The molecular formula is C11H11Cl2NO2. The maximum absolute atomic E-state index is 11.7. The van der Waals surface area contributed by atoms with Crippen LogP contribution < -0.4 is 5.32 Å². The number of aliphatic hydroxyl groups is 1. The van der Waals surface area contributed by atoms with Crippen LogP contribution in [0, 0.1) is 0 Å². The van der Waals surface area contributed by atoms with Gasteiger partial charge >= 0.3 is 0 Å². The van der Waals surface area contributed by atoms with Gasteiger partial charge in [0.25, 0.3) is 5.91 Å². The summed E-state index contributed by atoms with van der Waals surface area (Å²) in [6.07, 6.45) is 0.938. The molecule has 0 unspecified atom stereocenters. The highest BCUT2D eigenvalue weighted by Crippen LogP contribution is 2.22. The van der Waals surface area contributed by atoms with E-state index in [9.17, 15) is 4.79 Å². The molecule has 5 heteroatoms. The minimum Gasteiger partial charge on any atom is -0.393 e. The van der Waals surface area contributed by atoms with Gasteiger partial charge in [-0.3, -0.25) is 4.79 Å². The molecule has 0 saturated heterocycles. The van der Waals surface area contributed by atoms with Crippen molar-refractivity contribution in [2.45, 2.75) is 25.0 Å². The summed E-state index contributed by atoms with van der Waals surface area (Å²) in [4.78, 5) is 11.7. The van der Waals surface area contributed by atoms with E-state index >= 15 is 0 Å². The second-order valence-electron chi connectivity index (χ2n) is 3.95. The number of hydrogen-bond donors (Lipinski definition) is 2. The molecule has 1 aromatic rings. The molecule has 1 aromatic carbocycles. The second-order valence-corrected chi connectivity index (χ2v) is 4.83. The molecule has 2 rings (SSSR count). The van der Waals surface area contributed by atoms with Crippen LogP contribution in [0.5, 0.6) is 0 Å². The average Bonchev–Trinajstić information content (AvgIpc) is 2.13. The molecule has 86 valence electrons. The zero-order valence-corrected chi connectivity index (χ0v) is 9.92. The molecule has 0 atom stereocenters. The number of rotatable bonds is 2. The van der Waals surface area contributed by atoms with Gasteiger partial charge in [-0.25, -0.2) is 0 Å². The topological polar surface area (TPSA) is 49.3 Å². The zero-order valence-electron chi connectivity index (χ0n) is 8.41.